The van der Waals surface area contributed by atoms with Crippen molar-refractivity contribution in [3.63, 3.8) is 0 Å². The Morgan fingerprint density at radius 3 is 2.62 bits per heavy atom. The van der Waals surface area contributed by atoms with Gasteiger partial charge in [-0.05, 0) is 13.0 Å². The molecule has 0 aliphatic heterocycles. The number of hydrogen-bond acceptors (Lipinski definition) is 3. The van der Waals surface area contributed by atoms with Crippen molar-refractivity contribution in [1.29, 1.82) is 0 Å². The molecule has 0 aliphatic carbocycles. The molecule has 0 aliphatic rings. The molecule has 1 heterocycles. The zero-order chi connectivity index (χ0) is 10.1. The Labute approximate surface area is 86.5 Å². The maximum Gasteiger partial charge on any atom is 0.135 e. The summed E-state index contributed by atoms with van der Waals surface area (Å²) in [5.41, 5.74) is 5.47. The van der Waals surface area contributed by atoms with Gasteiger partial charge in [0.2, 0.25) is 0 Å². The van der Waals surface area contributed by atoms with Crippen LogP contribution in [-0.4, -0.2) is 16.7 Å². The summed E-state index contributed by atoms with van der Waals surface area (Å²) in [4.78, 5) is 3.83. The number of nitrogens with two attached hydrogens (primary N) is 1. The summed E-state index contributed by atoms with van der Waals surface area (Å²) in [6.07, 6.45) is 0. The predicted octanol–water partition coefficient (Wildman–Crippen LogP) is 1.55. The van der Waals surface area contributed by atoms with E-state index in [1.54, 1.807) is 19.1 Å². The number of nitrogens with zero attached hydrogens (tertiary/aromatic N) is 1. The van der Waals surface area contributed by atoms with Gasteiger partial charge in [0.25, 0.3) is 0 Å². The number of pyridine rings is 1. The molecule has 13 heavy (non-hydrogen) atoms. The second kappa shape index (κ2) is 3.80. The van der Waals surface area contributed by atoms with Crippen LogP contribution in [0.25, 0.3) is 0 Å². The number of rotatable bonds is 2. The smallest absolute Gasteiger partial charge is 0.135 e. The highest BCUT2D eigenvalue weighted by molar-refractivity contribution is 6.32. The first kappa shape index (κ1) is 10.7. The molecule has 3 nitrogen and oxygen atoms in total. The van der Waals surface area contributed by atoms with Crippen LogP contribution in [0.1, 0.15) is 12.5 Å². The van der Waals surface area contributed by atoms with Crippen molar-refractivity contribution >= 4 is 23.2 Å². The van der Waals surface area contributed by atoms with Gasteiger partial charge in [0, 0.05) is 5.56 Å². The maximum absolute atomic E-state index is 9.00. The zero-order valence-electron chi connectivity index (χ0n) is 7.09. The fourth-order valence-electron chi connectivity index (χ4n) is 0.923. The van der Waals surface area contributed by atoms with E-state index in [0.717, 1.165) is 0 Å². The quantitative estimate of drug-likeness (QED) is 0.745. The van der Waals surface area contributed by atoms with Crippen LogP contribution in [0, 0.1) is 0 Å². The van der Waals surface area contributed by atoms with E-state index in [0.29, 0.717) is 10.7 Å². The van der Waals surface area contributed by atoms with Gasteiger partial charge in [-0.15, -0.1) is 0 Å². The van der Waals surface area contributed by atoms with E-state index in [1.807, 2.05) is 0 Å². The molecule has 5 heteroatoms. The molecular weight excluding hydrogens is 211 g/mol. The second-order valence-corrected chi connectivity index (χ2v) is 3.79. The molecule has 0 spiro atoms. The number of hydrogen-bond donors (Lipinski definition) is 2. The molecule has 1 aromatic rings. The van der Waals surface area contributed by atoms with Crippen molar-refractivity contribution in [2.24, 2.45) is 5.73 Å². The monoisotopic (exact) mass is 220 g/mol. The fourth-order valence-corrected chi connectivity index (χ4v) is 1.48. The third-order valence-electron chi connectivity index (χ3n) is 1.76. The molecule has 0 saturated carbocycles. The van der Waals surface area contributed by atoms with Gasteiger partial charge in [-0.1, -0.05) is 29.3 Å². The van der Waals surface area contributed by atoms with Gasteiger partial charge < -0.3 is 10.8 Å². The lowest BCUT2D eigenvalue weighted by molar-refractivity contribution is 0.210. The van der Waals surface area contributed by atoms with Crippen LogP contribution in [-0.2, 0) is 5.54 Å². The fraction of sp³-hybridized carbons (Fsp3) is 0.375. The minimum atomic E-state index is -0.880. The molecule has 0 amide bonds. The van der Waals surface area contributed by atoms with Gasteiger partial charge in [0.1, 0.15) is 10.3 Å². The first-order chi connectivity index (χ1) is 5.97. The van der Waals surface area contributed by atoms with Crippen molar-refractivity contribution in [2.45, 2.75) is 12.5 Å². The van der Waals surface area contributed by atoms with Crippen molar-refractivity contribution in [3.8, 4) is 0 Å². The highest BCUT2D eigenvalue weighted by Gasteiger charge is 2.23. The van der Waals surface area contributed by atoms with E-state index >= 15 is 0 Å². The van der Waals surface area contributed by atoms with Crippen molar-refractivity contribution in [1.82, 2.24) is 4.98 Å². The highest BCUT2D eigenvalue weighted by Crippen LogP contribution is 2.25. The summed E-state index contributed by atoms with van der Waals surface area (Å²) in [5, 5.41) is 9.53. The van der Waals surface area contributed by atoms with E-state index in [9.17, 15) is 0 Å². The minimum absolute atomic E-state index is 0.198. The summed E-state index contributed by atoms with van der Waals surface area (Å²) >= 11 is 11.4. The molecule has 0 fully saturated rings. The Bertz CT molecular complexity index is 315. The van der Waals surface area contributed by atoms with E-state index in [4.69, 9.17) is 34.0 Å². The highest BCUT2D eigenvalue weighted by atomic mass is 35.5. The van der Waals surface area contributed by atoms with Gasteiger partial charge in [-0.25, -0.2) is 4.98 Å². The maximum atomic E-state index is 9.00. The minimum Gasteiger partial charge on any atom is -0.394 e. The SMILES string of the molecule is C[C@](N)(CO)c1ccc(Cl)nc1Cl. The first-order valence-corrected chi connectivity index (χ1v) is 4.45. The van der Waals surface area contributed by atoms with Crippen LogP contribution in [0.4, 0.5) is 0 Å². The third-order valence-corrected chi connectivity index (χ3v) is 2.26. The van der Waals surface area contributed by atoms with E-state index < -0.39 is 5.54 Å². The van der Waals surface area contributed by atoms with Crippen LogP contribution in [0.15, 0.2) is 12.1 Å². The predicted molar refractivity (Wildman–Crippen MR) is 52.9 cm³/mol. The first-order valence-electron chi connectivity index (χ1n) is 3.69. The van der Waals surface area contributed by atoms with Crippen molar-refractivity contribution < 1.29 is 5.11 Å². The van der Waals surface area contributed by atoms with Gasteiger partial charge in [0.05, 0.1) is 12.1 Å². The summed E-state index contributed by atoms with van der Waals surface area (Å²) in [6.45, 7) is 1.47. The van der Waals surface area contributed by atoms with E-state index in [-0.39, 0.29) is 11.8 Å². The Balaban J connectivity index is 3.16. The molecule has 1 aromatic heterocycles. The Hall–Kier alpha value is -0.350. The molecule has 72 valence electrons. The largest absolute Gasteiger partial charge is 0.394 e. The lowest BCUT2D eigenvalue weighted by Crippen LogP contribution is -2.37. The Kier molecular flexibility index (Phi) is 3.14. The van der Waals surface area contributed by atoms with Crippen LogP contribution in [0.5, 0.6) is 0 Å². The molecule has 1 rings (SSSR count). The molecular formula is C8H10Cl2N2O. The second-order valence-electron chi connectivity index (χ2n) is 3.05. The van der Waals surface area contributed by atoms with Gasteiger partial charge >= 0.3 is 0 Å². The van der Waals surface area contributed by atoms with Crippen LogP contribution in [0.2, 0.25) is 10.3 Å². The van der Waals surface area contributed by atoms with E-state index in [2.05, 4.69) is 4.98 Å². The van der Waals surface area contributed by atoms with Crippen LogP contribution < -0.4 is 5.73 Å². The number of halogens is 2. The third kappa shape index (κ3) is 2.31. The standard InChI is InChI=1S/C8H10Cl2N2O/c1-8(11,4-13)5-2-3-6(9)12-7(5)10/h2-3,13H,4,11H2,1H3/t8-/m0/s1. The van der Waals surface area contributed by atoms with Gasteiger partial charge in [-0.3, -0.25) is 0 Å². The molecule has 0 unspecified atom stereocenters. The van der Waals surface area contributed by atoms with Gasteiger partial charge in [-0.2, -0.15) is 0 Å². The molecule has 0 aromatic carbocycles. The lowest BCUT2D eigenvalue weighted by atomic mass is 9.96. The topological polar surface area (TPSA) is 59.1 Å². The summed E-state index contributed by atoms with van der Waals surface area (Å²) in [6, 6.07) is 3.25. The Morgan fingerprint density at radius 2 is 2.15 bits per heavy atom. The average Bonchev–Trinajstić information content (AvgIpc) is 2.03. The van der Waals surface area contributed by atoms with E-state index in [1.165, 1.54) is 0 Å². The molecule has 1 atom stereocenters. The van der Waals surface area contributed by atoms with Gasteiger partial charge in [0.15, 0.2) is 0 Å². The van der Waals surface area contributed by atoms with Crippen LogP contribution in [0.3, 0.4) is 0 Å². The lowest BCUT2D eigenvalue weighted by Gasteiger charge is -2.22. The number of aliphatic hydroxyl groups excluding tert-OH is 1. The summed E-state index contributed by atoms with van der Waals surface area (Å²) < 4.78 is 0. The normalized spacial score (nSPS) is 15.5. The number of aromatic nitrogens is 1. The summed E-state index contributed by atoms with van der Waals surface area (Å²) in [5.74, 6) is 0. The number of aliphatic hydroxyl groups is 1. The van der Waals surface area contributed by atoms with Crippen molar-refractivity contribution in [2.75, 3.05) is 6.61 Å². The molecule has 3 N–H and O–H groups in total. The molecule has 0 saturated heterocycles. The Morgan fingerprint density at radius 1 is 1.54 bits per heavy atom. The van der Waals surface area contributed by atoms with Crippen LogP contribution >= 0.6 is 23.2 Å². The zero-order valence-corrected chi connectivity index (χ0v) is 8.60. The van der Waals surface area contributed by atoms with Crippen molar-refractivity contribution in [3.05, 3.63) is 28.0 Å². The average molecular weight is 221 g/mol. The summed E-state index contributed by atoms with van der Waals surface area (Å²) in [7, 11) is 0. The molecule has 0 radical (unpaired) electrons. The molecule has 0 bridgehead atoms.